The summed E-state index contributed by atoms with van der Waals surface area (Å²) in [5.74, 6) is 0.669. The molecular weight excluding hydrogens is 302 g/mol. The zero-order valence-corrected chi connectivity index (χ0v) is 12.3. The molecule has 0 saturated carbocycles. The molecule has 4 N–H and O–H groups in total. The van der Waals surface area contributed by atoms with E-state index in [-0.39, 0.29) is 18.5 Å². The van der Waals surface area contributed by atoms with E-state index < -0.39 is 0 Å². The normalized spacial score (nSPS) is 10.6. The van der Waals surface area contributed by atoms with Gasteiger partial charge in [-0.3, -0.25) is 0 Å². The van der Waals surface area contributed by atoms with Crippen molar-refractivity contribution in [1.82, 2.24) is 15.0 Å². The van der Waals surface area contributed by atoms with E-state index in [9.17, 15) is 0 Å². The molecule has 0 atom stereocenters. The molecule has 0 radical (unpaired) electrons. The molecule has 0 bridgehead atoms. The highest BCUT2D eigenvalue weighted by Crippen LogP contribution is 2.08. The Morgan fingerprint density at radius 2 is 1.29 bits per heavy atom. The van der Waals surface area contributed by atoms with Crippen molar-refractivity contribution in [3.8, 4) is 0 Å². The molecule has 1 aromatic heterocycles. The molecule has 0 unspecified atom stereocenters. The number of nitrogens with zero attached hydrogens (tertiary/aromatic N) is 3. The van der Waals surface area contributed by atoms with Crippen molar-refractivity contribution in [1.29, 1.82) is 0 Å². The first-order valence-electron chi connectivity index (χ1n) is 6.52. The topological polar surface area (TPSA) is 122 Å². The van der Waals surface area contributed by atoms with Crippen LogP contribution in [-0.2, 0) is 9.47 Å². The molecule has 1 aromatic rings. The summed E-state index contributed by atoms with van der Waals surface area (Å²) in [5.41, 5.74) is 0. The third kappa shape index (κ3) is 8.58. The predicted octanol–water partition coefficient (Wildman–Crippen LogP) is -0.633. The average Bonchev–Trinajstić information content (AvgIpc) is 2.46. The molecule has 0 amide bonds. The zero-order valence-electron chi connectivity index (χ0n) is 11.6. The van der Waals surface area contributed by atoms with Crippen molar-refractivity contribution in [3.05, 3.63) is 5.28 Å². The Kier molecular flexibility index (Phi) is 9.66. The van der Waals surface area contributed by atoms with Gasteiger partial charge in [-0.15, -0.1) is 0 Å². The van der Waals surface area contributed by atoms with Crippen LogP contribution in [0.4, 0.5) is 11.9 Å². The van der Waals surface area contributed by atoms with E-state index in [1.165, 1.54) is 0 Å². The summed E-state index contributed by atoms with van der Waals surface area (Å²) in [6.07, 6.45) is 0. The minimum atomic E-state index is -0.00992. The SMILES string of the molecule is OCCOCCNc1nc(Cl)nc(NCCOCCO)n1. The van der Waals surface area contributed by atoms with Crippen LogP contribution in [0.15, 0.2) is 0 Å². The standard InChI is InChI=1S/C11H20ClN5O4/c12-9-15-10(13-1-5-20-7-3-18)17-11(16-9)14-2-6-21-8-4-19/h18-19H,1-8H2,(H2,13,14,15,16,17). The Morgan fingerprint density at radius 3 is 1.71 bits per heavy atom. The highest BCUT2D eigenvalue weighted by molar-refractivity contribution is 6.28. The molecule has 9 nitrogen and oxygen atoms in total. The fourth-order valence-corrected chi connectivity index (χ4v) is 1.47. The molecule has 0 saturated heterocycles. The number of aliphatic hydroxyl groups excluding tert-OH is 2. The number of hydrogen-bond acceptors (Lipinski definition) is 9. The minimum Gasteiger partial charge on any atom is -0.394 e. The second-order valence-corrected chi connectivity index (χ2v) is 4.12. The summed E-state index contributed by atoms with van der Waals surface area (Å²) in [5, 5.41) is 23.1. The maximum absolute atomic E-state index is 8.56. The lowest BCUT2D eigenvalue weighted by Gasteiger charge is -2.08. The molecule has 10 heteroatoms. The van der Waals surface area contributed by atoms with Crippen LogP contribution in [-0.4, -0.2) is 77.9 Å². The van der Waals surface area contributed by atoms with Crippen LogP contribution in [0.1, 0.15) is 0 Å². The van der Waals surface area contributed by atoms with Gasteiger partial charge < -0.3 is 30.3 Å². The zero-order chi connectivity index (χ0) is 15.3. The number of nitrogens with one attached hydrogen (secondary N) is 2. The summed E-state index contributed by atoms with van der Waals surface area (Å²) < 4.78 is 10.2. The van der Waals surface area contributed by atoms with Gasteiger partial charge in [0.15, 0.2) is 0 Å². The number of hydrogen-bond donors (Lipinski definition) is 4. The smallest absolute Gasteiger partial charge is 0.228 e. The molecule has 1 heterocycles. The monoisotopic (exact) mass is 321 g/mol. The van der Waals surface area contributed by atoms with Crippen LogP contribution in [0.3, 0.4) is 0 Å². The lowest BCUT2D eigenvalue weighted by molar-refractivity contribution is 0.0990. The highest BCUT2D eigenvalue weighted by Gasteiger charge is 2.04. The Hall–Kier alpha value is -1.26. The molecule has 0 aliphatic carbocycles. The second kappa shape index (κ2) is 11.4. The first-order valence-corrected chi connectivity index (χ1v) is 6.90. The van der Waals surface area contributed by atoms with Gasteiger partial charge in [0.25, 0.3) is 0 Å². The van der Waals surface area contributed by atoms with E-state index in [0.29, 0.717) is 51.4 Å². The van der Waals surface area contributed by atoms with Gasteiger partial charge in [0.1, 0.15) is 0 Å². The fraction of sp³-hybridized carbons (Fsp3) is 0.727. The van der Waals surface area contributed by atoms with Gasteiger partial charge in [-0.2, -0.15) is 15.0 Å². The van der Waals surface area contributed by atoms with Gasteiger partial charge in [0, 0.05) is 13.1 Å². The number of aliphatic hydroxyl groups is 2. The summed E-state index contributed by atoms with van der Waals surface area (Å²) in [7, 11) is 0. The summed E-state index contributed by atoms with van der Waals surface area (Å²) in [6.45, 7) is 2.37. The number of aromatic nitrogens is 3. The van der Waals surface area contributed by atoms with Crippen molar-refractivity contribution in [3.63, 3.8) is 0 Å². The van der Waals surface area contributed by atoms with Gasteiger partial charge in [-0.05, 0) is 11.6 Å². The summed E-state index contributed by atoms with van der Waals surface area (Å²) in [4.78, 5) is 12.0. The number of rotatable bonds is 12. The van der Waals surface area contributed by atoms with E-state index >= 15 is 0 Å². The van der Waals surface area contributed by atoms with Crippen molar-refractivity contribution in [2.24, 2.45) is 0 Å². The quantitative estimate of drug-likeness (QED) is 0.372. The molecule has 21 heavy (non-hydrogen) atoms. The summed E-state index contributed by atoms with van der Waals surface area (Å²) in [6, 6.07) is 0. The van der Waals surface area contributed by atoms with E-state index in [1.807, 2.05) is 0 Å². The molecule has 0 aliphatic rings. The van der Waals surface area contributed by atoms with E-state index in [0.717, 1.165) is 0 Å². The van der Waals surface area contributed by atoms with Gasteiger partial charge in [0.05, 0.1) is 39.6 Å². The van der Waals surface area contributed by atoms with Crippen molar-refractivity contribution in [2.75, 3.05) is 63.4 Å². The number of halogens is 1. The summed E-state index contributed by atoms with van der Waals surface area (Å²) >= 11 is 5.80. The maximum atomic E-state index is 8.56. The van der Waals surface area contributed by atoms with E-state index in [4.69, 9.17) is 31.3 Å². The third-order valence-electron chi connectivity index (χ3n) is 2.14. The van der Waals surface area contributed by atoms with Crippen LogP contribution in [0.25, 0.3) is 0 Å². The largest absolute Gasteiger partial charge is 0.394 e. The van der Waals surface area contributed by atoms with Gasteiger partial charge in [-0.25, -0.2) is 0 Å². The molecular formula is C11H20ClN5O4. The van der Waals surface area contributed by atoms with Crippen LogP contribution in [0.5, 0.6) is 0 Å². The maximum Gasteiger partial charge on any atom is 0.228 e. The van der Waals surface area contributed by atoms with Crippen molar-refractivity contribution in [2.45, 2.75) is 0 Å². The van der Waals surface area contributed by atoms with Gasteiger partial charge >= 0.3 is 0 Å². The molecule has 0 fully saturated rings. The Labute approximate surface area is 127 Å². The van der Waals surface area contributed by atoms with Crippen LogP contribution < -0.4 is 10.6 Å². The molecule has 120 valence electrons. The number of anilines is 2. The Balaban J connectivity index is 2.32. The first kappa shape index (κ1) is 17.8. The van der Waals surface area contributed by atoms with E-state index in [1.54, 1.807) is 0 Å². The third-order valence-corrected chi connectivity index (χ3v) is 2.31. The molecule has 0 spiro atoms. The lowest BCUT2D eigenvalue weighted by Crippen LogP contribution is -2.16. The molecule has 1 rings (SSSR count). The van der Waals surface area contributed by atoms with Crippen LogP contribution in [0.2, 0.25) is 5.28 Å². The second-order valence-electron chi connectivity index (χ2n) is 3.78. The minimum absolute atomic E-state index is 0.00992. The molecule has 0 aromatic carbocycles. The van der Waals surface area contributed by atoms with Crippen molar-refractivity contribution < 1.29 is 19.7 Å². The Bertz CT molecular complexity index is 367. The van der Waals surface area contributed by atoms with Gasteiger partial charge in [-0.1, -0.05) is 0 Å². The average molecular weight is 322 g/mol. The van der Waals surface area contributed by atoms with Crippen molar-refractivity contribution >= 4 is 23.5 Å². The predicted molar refractivity (Wildman–Crippen MR) is 77.6 cm³/mol. The first-order chi connectivity index (χ1) is 10.3. The fourth-order valence-electron chi connectivity index (χ4n) is 1.31. The Morgan fingerprint density at radius 1 is 0.810 bits per heavy atom. The lowest BCUT2D eigenvalue weighted by atomic mass is 10.6. The van der Waals surface area contributed by atoms with Crippen LogP contribution >= 0.6 is 11.6 Å². The number of ether oxygens (including phenoxy) is 2. The molecule has 0 aliphatic heterocycles. The highest BCUT2D eigenvalue weighted by atomic mass is 35.5. The van der Waals surface area contributed by atoms with Crippen LogP contribution in [0, 0.1) is 0 Å². The van der Waals surface area contributed by atoms with E-state index in [2.05, 4.69) is 25.6 Å². The van der Waals surface area contributed by atoms with Gasteiger partial charge in [0.2, 0.25) is 17.2 Å².